The zero-order valence-corrected chi connectivity index (χ0v) is 23.0. The summed E-state index contributed by atoms with van der Waals surface area (Å²) in [5.74, 6) is -1.26. The van der Waals surface area contributed by atoms with Crippen LogP contribution in [0.25, 0.3) is 0 Å². The Bertz CT molecular complexity index is 1410. The fourth-order valence-corrected chi connectivity index (χ4v) is 4.94. The minimum absolute atomic E-state index is 0.00338. The highest BCUT2D eigenvalue weighted by Gasteiger charge is 2.62. The molecule has 0 fully saturated rings. The average Bonchev–Trinajstić information content (AvgIpc) is 3.35. The third-order valence-corrected chi connectivity index (χ3v) is 7.14. The number of carbonyl (C=O) groups is 1. The molecular weight excluding hydrogens is 581 g/mol. The number of halogens is 7. The van der Waals surface area contributed by atoms with Gasteiger partial charge >= 0.3 is 6.18 Å². The summed E-state index contributed by atoms with van der Waals surface area (Å²) in [7, 11) is 0. The molecule has 1 unspecified atom stereocenters. The van der Waals surface area contributed by atoms with Gasteiger partial charge < -0.3 is 9.74 Å². The van der Waals surface area contributed by atoms with Crippen LogP contribution in [0.1, 0.15) is 52.4 Å². The zero-order chi connectivity index (χ0) is 28.5. The van der Waals surface area contributed by atoms with E-state index in [4.69, 9.17) is 39.6 Å². The third-order valence-electron chi connectivity index (χ3n) is 6.37. The number of oxime groups is 1. The van der Waals surface area contributed by atoms with Crippen LogP contribution >= 0.6 is 34.8 Å². The highest BCUT2D eigenvalue weighted by molar-refractivity contribution is 6.35. The monoisotopic (exact) mass is 601 g/mol. The van der Waals surface area contributed by atoms with Gasteiger partial charge in [-0.05, 0) is 60.4 Å². The SMILES string of the molecule is CCCN(Cc1ccc(Cl)nc1)C(=O)c1ccc(C2=NOC(c3cc(Cl)c(F)c(Cl)c3)(C(F)(F)F)C2)cc1C. The van der Waals surface area contributed by atoms with Crippen LogP contribution in [0, 0.1) is 12.7 Å². The largest absolute Gasteiger partial charge is 0.435 e. The maximum atomic E-state index is 14.3. The van der Waals surface area contributed by atoms with Crippen molar-refractivity contribution in [2.75, 3.05) is 6.54 Å². The van der Waals surface area contributed by atoms with E-state index in [9.17, 15) is 22.4 Å². The fourth-order valence-electron chi connectivity index (χ4n) is 4.34. The van der Waals surface area contributed by atoms with Crippen LogP contribution in [0.2, 0.25) is 15.2 Å². The van der Waals surface area contributed by atoms with Gasteiger partial charge in [0.1, 0.15) is 5.15 Å². The molecule has 1 aliphatic rings. The molecule has 5 nitrogen and oxygen atoms in total. The topological polar surface area (TPSA) is 54.8 Å². The van der Waals surface area contributed by atoms with Crippen molar-refractivity contribution in [1.29, 1.82) is 0 Å². The lowest BCUT2D eigenvalue weighted by molar-refractivity contribution is -0.275. The second-order valence-corrected chi connectivity index (χ2v) is 10.3. The molecule has 3 aromatic rings. The lowest BCUT2D eigenvalue weighted by atomic mass is 9.86. The minimum Gasteiger partial charge on any atom is -0.374 e. The molecule has 206 valence electrons. The second kappa shape index (κ2) is 11.3. The molecule has 0 spiro atoms. The predicted octanol–water partition coefficient (Wildman–Crippen LogP) is 8.12. The molecule has 0 aliphatic carbocycles. The van der Waals surface area contributed by atoms with Crippen LogP contribution in [0.5, 0.6) is 0 Å². The molecule has 0 radical (unpaired) electrons. The Labute approximate surface area is 237 Å². The number of amides is 1. The quantitative estimate of drug-likeness (QED) is 0.156. The molecule has 2 aromatic carbocycles. The molecule has 1 aliphatic heterocycles. The molecule has 4 rings (SSSR count). The molecular formula is C27H22Cl3F4N3O2. The van der Waals surface area contributed by atoms with Crippen LogP contribution in [0.15, 0.2) is 53.8 Å². The van der Waals surface area contributed by atoms with Crippen molar-refractivity contribution in [3.63, 3.8) is 0 Å². The minimum atomic E-state index is -4.93. The van der Waals surface area contributed by atoms with E-state index in [-0.39, 0.29) is 11.6 Å². The van der Waals surface area contributed by atoms with Crippen molar-refractivity contribution in [3.05, 3.63) is 97.5 Å². The van der Waals surface area contributed by atoms with Crippen molar-refractivity contribution in [3.8, 4) is 0 Å². The summed E-state index contributed by atoms with van der Waals surface area (Å²) in [5, 5.41) is 2.94. The smallest absolute Gasteiger partial charge is 0.374 e. The zero-order valence-electron chi connectivity index (χ0n) is 20.8. The third kappa shape index (κ3) is 5.85. The summed E-state index contributed by atoms with van der Waals surface area (Å²) in [6.45, 7) is 4.44. The van der Waals surface area contributed by atoms with E-state index in [1.54, 1.807) is 42.3 Å². The van der Waals surface area contributed by atoms with Crippen molar-refractivity contribution in [2.24, 2.45) is 5.16 Å². The van der Waals surface area contributed by atoms with Crippen LogP contribution in [0.3, 0.4) is 0 Å². The lowest BCUT2D eigenvalue weighted by Crippen LogP contribution is -2.42. The van der Waals surface area contributed by atoms with Crippen molar-refractivity contribution in [1.82, 2.24) is 9.88 Å². The Morgan fingerprint density at radius 1 is 1.10 bits per heavy atom. The Hall–Kier alpha value is -2.88. The number of pyridine rings is 1. The number of rotatable bonds is 7. The van der Waals surface area contributed by atoms with Gasteiger partial charge in [-0.3, -0.25) is 4.79 Å². The molecule has 12 heteroatoms. The van der Waals surface area contributed by atoms with Gasteiger partial charge in [0.05, 0.1) is 15.8 Å². The predicted molar refractivity (Wildman–Crippen MR) is 142 cm³/mol. The van der Waals surface area contributed by atoms with Crippen LogP contribution in [0.4, 0.5) is 17.6 Å². The summed E-state index contributed by atoms with van der Waals surface area (Å²) in [6, 6.07) is 9.75. The molecule has 0 saturated heterocycles. The van der Waals surface area contributed by atoms with Crippen LogP contribution in [-0.2, 0) is 17.0 Å². The number of hydrogen-bond acceptors (Lipinski definition) is 4. The number of alkyl halides is 3. The summed E-state index contributed by atoms with van der Waals surface area (Å²) in [5.41, 5.74) is -1.28. The number of hydrogen-bond donors (Lipinski definition) is 0. The van der Waals surface area contributed by atoms with E-state index in [0.29, 0.717) is 34.9 Å². The number of carbonyl (C=O) groups excluding carboxylic acids is 1. The van der Waals surface area contributed by atoms with E-state index in [1.807, 2.05) is 6.92 Å². The number of aryl methyl sites for hydroxylation is 1. The average molecular weight is 603 g/mol. The molecule has 1 atom stereocenters. The first-order chi connectivity index (χ1) is 18.4. The lowest BCUT2D eigenvalue weighted by Gasteiger charge is -2.29. The van der Waals surface area contributed by atoms with Crippen molar-refractivity contribution < 1.29 is 27.2 Å². The van der Waals surface area contributed by atoms with Gasteiger partial charge in [-0.15, -0.1) is 0 Å². The standard InChI is InChI=1S/C27H22Cl3F4N3O2/c1-3-8-37(14-16-4-7-23(30)35-13-16)25(38)19-6-5-17(9-15(19)2)22-12-26(39-36-22,27(32,33)34)18-10-20(28)24(31)21(29)11-18/h4-7,9-11,13H,3,8,12,14H2,1-2H3. The van der Waals surface area contributed by atoms with Gasteiger partial charge in [-0.2, -0.15) is 13.2 Å². The van der Waals surface area contributed by atoms with Gasteiger partial charge in [0, 0.05) is 36.8 Å². The Morgan fingerprint density at radius 3 is 2.36 bits per heavy atom. The summed E-state index contributed by atoms with van der Waals surface area (Å²) in [4.78, 5) is 24.1. The molecule has 1 aromatic heterocycles. The maximum absolute atomic E-state index is 14.3. The molecule has 1 amide bonds. The van der Waals surface area contributed by atoms with Gasteiger partial charge in [0.25, 0.3) is 11.5 Å². The summed E-state index contributed by atoms with van der Waals surface area (Å²) in [6.07, 6.45) is -3.31. The van der Waals surface area contributed by atoms with Gasteiger partial charge in [-0.1, -0.05) is 59.0 Å². The second-order valence-electron chi connectivity index (χ2n) is 9.13. The Kier molecular flexibility index (Phi) is 8.44. The van der Waals surface area contributed by atoms with Crippen molar-refractivity contribution >= 4 is 46.4 Å². The van der Waals surface area contributed by atoms with E-state index in [0.717, 1.165) is 24.1 Å². The molecule has 2 heterocycles. The fraction of sp³-hybridized carbons (Fsp3) is 0.296. The van der Waals surface area contributed by atoms with E-state index in [1.165, 1.54) is 6.07 Å². The van der Waals surface area contributed by atoms with E-state index < -0.39 is 39.6 Å². The highest BCUT2D eigenvalue weighted by Crippen LogP contribution is 2.50. The number of nitrogens with zero attached hydrogens (tertiary/aromatic N) is 3. The first-order valence-corrected chi connectivity index (χ1v) is 13.0. The highest BCUT2D eigenvalue weighted by atomic mass is 35.5. The first-order valence-electron chi connectivity index (χ1n) is 11.8. The van der Waals surface area contributed by atoms with Crippen molar-refractivity contribution in [2.45, 2.75) is 45.0 Å². The Balaban J connectivity index is 1.60. The van der Waals surface area contributed by atoms with E-state index >= 15 is 0 Å². The summed E-state index contributed by atoms with van der Waals surface area (Å²) >= 11 is 17.4. The normalized spacial score (nSPS) is 17.1. The van der Waals surface area contributed by atoms with Gasteiger partial charge in [-0.25, -0.2) is 9.37 Å². The molecule has 39 heavy (non-hydrogen) atoms. The van der Waals surface area contributed by atoms with Gasteiger partial charge in [0.2, 0.25) is 0 Å². The number of aromatic nitrogens is 1. The van der Waals surface area contributed by atoms with Crippen LogP contribution in [-0.4, -0.2) is 34.2 Å². The number of benzene rings is 2. The first kappa shape index (κ1) is 29.1. The molecule has 0 N–H and O–H groups in total. The maximum Gasteiger partial charge on any atom is 0.435 e. The van der Waals surface area contributed by atoms with E-state index in [2.05, 4.69) is 10.1 Å². The van der Waals surface area contributed by atoms with Gasteiger partial charge in [0.15, 0.2) is 5.82 Å². The Morgan fingerprint density at radius 2 is 1.79 bits per heavy atom. The summed E-state index contributed by atoms with van der Waals surface area (Å²) < 4.78 is 56.9. The molecule has 0 bridgehead atoms. The molecule has 0 saturated carbocycles. The van der Waals surface area contributed by atoms with Crippen LogP contribution < -0.4 is 0 Å².